The number of aryl methyl sites for hydroxylation is 1. The fourth-order valence-corrected chi connectivity index (χ4v) is 3.16. The van der Waals surface area contributed by atoms with Crippen LogP contribution < -0.4 is 10.1 Å². The third-order valence-corrected chi connectivity index (χ3v) is 4.47. The Balaban J connectivity index is 1.51. The first-order valence-corrected chi connectivity index (χ1v) is 9.36. The van der Waals surface area contributed by atoms with E-state index in [1.165, 1.54) is 19.3 Å². The Morgan fingerprint density at radius 1 is 1.27 bits per heavy atom. The fraction of sp³-hybridized carbons (Fsp3) is 0.450. The number of nitrogens with zero attached hydrogens (tertiary/aromatic N) is 3. The molecule has 1 aromatic heterocycles. The van der Waals surface area contributed by atoms with Gasteiger partial charge in [-0.05, 0) is 31.9 Å². The standard InChI is InChI=1S/C20H26N4O2/c1-2-26-17-9-6-5-8-16(17)11-12-20(25)21-14-13-19-23-22-18-10-4-3-7-15-24(18)19/h5-6,8-9,11-12H,2-4,7,10,13-15H2,1H3,(H,21,25)/b12-11+. The van der Waals surface area contributed by atoms with Crippen LogP contribution in [0.4, 0.5) is 0 Å². The van der Waals surface area contributed by atoms with Gasteiger partial charge in [0.15, 0.2) is 0 Å². The van der Waals surface area contributed by atoms with Crippen LogP contribution in [-0.2, 0) is 24.2 Å². The number of hydrogen-bond acceptors (Lipinski definition) is 4. The van der Waals surface area contributed by atoms with Crippen LogP contribution >= 0.6 is 0 Å². The number of aromatic nitrogens is 3. The smallest absolute Gasteiger partial charge is 0.244 e. The van der Waals surface area contributed by atoms with E-state index in [-0.39, 0.29) is 5.91 Å². The van der Waals surface area contributed by atoms with Crippen LogP contribution in [0.1, 0.15) is 43.4 Å². The number of carbonyl (C=O) groups excluding carboxylic acids is 1. The molecule has 0 spiro atoms. The average molecular weight is 354 g/mol. The van der Waals surface area contributed by atoms with E-state index >= 15 is 0 Å². The lowest BCUT2D eigenvalue weighted by Gasteiger charge is -2.07. The highest BCUT2D eigenvalue weighted by Crippen LogP contribution is 2.19. The van der Waals surface area contributed by atoms with Crippen molar-refractivity contribution in [3.8, 4) is 5.75 Å². The van der Waals surface area contributed by atoms with Crippen molar-refractivity contribution in [1.29, 1.82) is 0 Å². The van der Waals surface area contributed by atoms with Gasteiger partial charge in [-0.3, -0.25) is 4.79 Å². The summed E-state index contributed by atoms with van der Waals surface area (Å²) in [4.78, 5) is 12.1. The lowest BCUT2D eigenvalue weighted by molar-refractivity contribution is -0.116. The second kappa shape index (κ2) is 9.17. The second-order valence-corrected chi connectivity index (χ2v) is 6.34. The van der Waals surface area contributed by atoms with Crippen LogP contribution in [0, 0.1) is 0 Å². The van der Waals surface area contributed by atoms with Crippen molar-refractivity contribution in [3.63, 3.8) is 0 Å². The first-order chi connectivity index (χ1) is 12.8. The van der Waals surface area contributed by atoms with Crippen LogP contribution in [0.25, 0.3) is 6.08 Å². The molecule has 3 rings (SSSR count). The number of benzene rings is 1. The highest BCUT2D eigenvalue weighted by Gasteiger charge is 2.14. The first-order valence-electron chi connectivity index (χ1n) is 9.36. The topological polar surface area (TPSA) is 69.0 Å². The summed E-state index contributed by atoms with van der Waals surface area (Å²) in [5.74, 6) is 2.71. The SMILES string of the molecule is CCOc1ccccc1/C=C/C(=O)NCCc1nnc2n1CCCCC2. The molecule has 0 bridgehead atoms. The average Bonchev–Trinajstić information content (AvgIpc) is 2.88. The Kier molecular flexibility index (Phi) is 6.41. The molecule has 0 unspecified atom stereocenters. The van der Waals surface area contributed by atoms with Crippen molar-refractivity contribution < 1.29 is 9.53 Å². The summed E-state index contributed by atoms with van der Waals surface area (Å²) in [5, 5.41) is 11.5. The number of rotatable bonds is 7. The largest absolute Gasteiger partial charge is 0.493 e. The number of nitrogens with one attached hydrogen (secondary N) is 1. The zero-order valence-corrected chi connectivity index (χ0v) is 15.3. The van der Waals surface area contributed by atoms with Gasteiger partial charge >= 0.3 is 0 Å². The zero-order chi connectivity index (χ0) is 18.2. The van der Waals surface area contributed by atoms with Crippen LogP contribution in [-0.4, -0.2) is 33.8 Å². The Morgan fingerprint density at radius 3 is 3.04 bits per heavy atom. The molecule has 1 aliphatic heterocycles. The minimum atomic E-state index is -0.119. The quantitative estimate of drug-likeness (QED) is 0.776. The van der Waals surface area contributed by atoms with E-state index in [9.17, 15) is 4.79 Å². The number of carbonyl (C=O) groups is 1. The molecule has 0 atom stereocenters. The van der Waals surface area contributed by atoms with Gasteiger partial charge in [-0.25, -0.2) is 0 Å². The van der Waals surface area contributed by atoms with E-state index in [4.69, 9.17) is 4.74 Å². The summed E-state index contributed by atoms with van der Waals surface area (Å²) in [7, 11) is 0. The number of hydrogen-bond donors (Lipinski definition) is 1. The highest BCUT2D eigenvalue weighted by molar-refractivity contribution is 5.92. The molecule has 2 aromatic rings. The fourth-order valence-electron chi connectivity index (χ4n) is 3.16. The Labute approximate surface area is 154 Å². The minimum Gasteiger partial charge on any atom is -0.493 e. The molecule has 0 fully saturated rings. The van der Waals surface area contributed by atoms with Gasteiger partial charge in [-0.2, -0.15) is 0 Å². The molecule has 0 saturated carbocycles. The molecule has 0 radical (unpaired) electrons. The minimum absolute atomic E-state index is 0.119. The van der Waals surface area contributed by atoms with Crippen molar-refractivity contribution in [2.75, 3.05) is 13.2 Å². The molecule has 1 N–H and O–H groups in total. The number of fused-ring (bicyclic) bond motifs is 1. The van der Waals surface area contributed by atoms with Crippen molar-refractivity contribution in [3.05, 3.63) is 47.6 Å². The lowest BCUT2D eigenvalue weighted by atomic mass is 10.2. The summed E-state index contributed by atoms with van der Waals surface area (Å²) in [5.41, 5.74) is 0.896. The molecular formula is C20H26N4O2. The van der Waals surface area contributed by atoms with Gasteiger partial charge in [0.25, 0.3) is 0 Å². The van der Waals surface area contributed by atoms with Gasteiger partial charge in [0, 0.05) is 37.6 Å². The molecule has 1 aliphatic rings. The van der Waals surface area contributed by atoms with E-state index in [0.29, 0.717) is 19.6 Å². The van der Waals surface area contributed by atoms with Crippen LogP contribution in [0.5, 0.6) is 5.75 Å². The summed E-state index contributed by atoms with van der Waals surface area (Å²) >= 11 is 0. The second-order valence-electron chi connectivity index (χ2n) is 6.34. The van der Waals surface area contributed by atoms with Gasteiger partial charge in [0.05, 0.1) is 6.61 Å². The molecular weight excluding hydrogens is 328 g/mol. The summed E-state index contributed by atoms with van der Waals surface area (Å²) in [6.07, 6.45) is 8.62. The lowest BCUT2D eigenvalue weighted by Crippen LogP contribution is -2.24. The van der Waals surface area contributed by atoms with Crippen LogP contribution in [0.3, 0.4) is 0 Å². The Bertz CT molecular complexity index is 767. The molecule has 1 aromatic carbocycles. The van der Waals surface area contributed by atoms with Crippen molar-refractivity contribution in [2.24, 2.45) is 0 Å². The number of para-hydroxylation sites is 1. The maximum absolute atomic E-state index is 12.1. The molecule has 0 aliphatic carbocycles. The van der Waals surface area contributed by atoms with Crippen LogP contribution in [0.2, 0.25) is 0 Å². The van der Waals surface area contributed by atoms with Crippen molar-refractivity contribution in [2.45, 2.75) is 45.6 Å². The normalized spacial score (nSPS) is 14.0. The molecule has 138 valence electrons. The summed E-state index contributed by atoms with van der Waals surface area (Å²) < 4.78 is 7.78. The van der Waals surface area contributed by atoms with Gasteiger partial charge < -0.3 is 14.6 Å². The molecule has 0 saturated heterocycles. The molecule has 6 heteroatoms. The maximum Gasteiger partial charge on any atom is 0.244 e. The van der Waals surface area contributed by atoms with Crippen molar-refractivity contribution >= 4 is 12.0 Å². The highest BCUT2D eigenvalue weighted by atomic mass is 16.5. The Morgan fingerprint density at radius 2 is 2.15 bits per heavy atom. The third-order valence-electron chi connectivity index (χ3n) is 4.47. The predicted molar refractivity (Wildman–Crippen MR) is 101 cm³/mol. The van der Waals surface area contributed by atoms with Gasteiger partial charge in [0.1, 0.15) is 17.4 Å². The Hall–Kier alpha value is -2.63. The van der Waals surface area contributed by atoms with E-state index in [0.717, 1.165) is 35.9 Å². The van der Waals surface area contributed by atoms with Gasteiger partial charge in [0.2, 0.25) is 5.91 Å². The van der Waals surface area contributed by atoms with E-state index in [2.05, 4.69) is 20.1 Å². The van der Waals surface area contributed by atoms with E-state index < -0.39 is 0 Å². The predicted octanol–water partition coefficient (Wildman–Crippen LogP) is 2.78. The van der Waals surface area contributed by atoms with E-state index in [1.807, 2.05) is 31.2 Å². The molecule has 2 heterocycles. The molecule has 1 amide bonds. The first kappa shape index (κ1) is 18.2. The zero-order valence-electron chi connectivity index (χ0n) is 15.3. The molecule has 6 nitrogen and oxygen atoms in total. The third kappa shape index (κ3) is 4.71. The summed E-state index contributed by atoms with van der Waals surface area (Å²) in [6.45, 7) is 4.08. The number of ether oxygens (including phenoxy) is 1. The van der Waals surface area contributed by atoms with Crippen molar-refractivity contribution in [1.82, 2.24) is 20.1 Å². The van der Waals surface area contributed by atoms with E-state index in [1.54, 1.807) is 12.2 Å². The van der Waals surface area contributed by atoms with Gasteiger partial charge in [-0.15, -0.1) is 10.2 Å². The summed E-state index contributed by atoms with van der Waals surface area (Å²) in [6, 6.07) is 7.68. The number of amides is 1. The van der Waals surface area contributed by atoms with Crippen LogP contribution in [0.15, 0.2) is 30.3 Å². The molecule has 26 heavy (non-hydrogen) atoms. The van der Waals surface area contributed by atoms with Gasteiger partial charge in [-0.1, -0.05) is 24.6 Å². The maximum atomic E-state index is 12.1. The monoisotopic (exact) mass is 354 g/mol.